The summed E-state index contributed by atoms with van der Waals surface area (Å²) in [6.07, 6.45) is 2.55. The molecule has 0 saturated carbocycles. The first-order valence-electron chi connectivity index (χ1n) is 11.8. The van der Waals surface area contributed by atoms with Gasteiger partial charge >= 0.3 is 11.7 Å². The smallest absolute Gasteiger partial charge is 0.351 e. The van der Waals surface area contributed by atoms with Gasteiger partial charge < -0.3 is 18.9 Å². The molecule has 0 aromatic carbocycles. The van der Waals surface area contributed by atoms with Crippen LogP contribution in [0.2, 0.25) is 13.1 Å². The zero-order valence-electron chi connectivity index (χ0n) is 22.0. The topological polar surface area (TPSA) is 120 Å². The summed E-state index contributed by atoms with van der Waals surface area (Å²) in [6.45, 7) is 17.2. The van der Waals surface area contributed by atoms with Gasteiger partial charge in [0.05, 0.1) is 39.0 Å². The number of hydrogen-bond acceptors (Lipinski definition) is 9. The highest BCUT2D eigenvalue weighted by molar-refractivity contribution is 6.58. The third kappa shape index (κ3) is 6.05. The normalized spacial score (nSPS) is 25.3. The molecule has 2 aromatic rings. The number of carbonyl (C=O) groups is 1. The lowest BCUT2D eigenvalue weighted by molar-refractivity contribution is -0.170. The van der Waals surface area contributed by atoms with Crippen LogP contribution >= 0.6 is 0 Å². The van der Waals surface area contributed by atoms with Crippen molar-refractivity contribution in [3.63, 3.8) is 0 Å². The molecule has 1 saturated heterocycles. The summed E-state index contributed by atoms with van der Waals surface area (Å²) in [5.74, 6) is -0.130. The number of esters is 1. The lowest BCUT2D eigenvalue weighted by Crippen LogP contribution is -2.60. The minimum Gasteiger partial charge on any atom is -0.457 e. The molecule has 0 unspecified atom stereocenters. The van der Waals surface area contributed by atoms with E-state index in [1.807, 2.05) is 41.5 Å². The maximum absolute atomic E-state index is 13.4. The Morgan fingerprint density at radius 3 is 2.34 bits per heavy atom. The van der Waals surface area contributed by atoms with Gasteiger partial charge in [0.1, 0.15) is 12.2 Å². The number of nitrogens with zero attached hydrogens (tertiary/aromatic N) is 5. The summed E-state index contributed by atoms with van der Waals surface area (Å²) < 4.78 is 27.9. The lowest BCUT2D eigenvalue weighted by atomic mass is 10.1. The average molecular weight is 508 g/mol. The summed E-state index contributed by atoms with van der Waals surface area (Å²) in [5, 5.41) is 6.49. The number of hydrogen-bond donors (Lipinski definition) is 0. The van der Waals surface area contributed by atoms with Gasteiger partial charge in [-0.25, -0.2) is 9.48 Å². The number of rotatable bonds is 7. The van der Waals surface area contributed by atoms with E-state index in [0.29, 0.717) is 5.82 Å². The van der Waals surface area contributed by atoms with E-state index in [2.05, 4.69) is 28.4 Å². The van der Waals surface area contributed by atoms with Crippen LogP contribution < -0.4 is 5.69 Å². The Balaban J connectivity index is 2.16. The molecule has 0 amide bonds. The largest absolute Gasteiger partial charge is 0.457 e. The molecule has 194 valence electrons. The minimum absolute atomic E-state index is 0.160. The number of carbonyl (C=O) groups excluding carboxylic acids is 1. The van der Waals surface area contributed by atoms with E-state index in [1.165, 1.54) is 22.4 Å². The minimum atomic E-state index is -1.93. The van der Waals surface area contributed by atoms with E-state index >= 15 is 0 Å². The molecule has 0 radical (unpaired) electrons. The third-order valence-corrected chi connectivity index (χ3v) is 7.92. The van der Waals surface area contributed by atoms with Crippen molar-refractivity contribution in [3.05, 3.63) is 35.1 Å². The first kappa shape index (κ1) is 27.2. The Kier molecular flexibility index (Phi) is 7.70. The molecule has 2 aromatic heterocycles. The monoisotopic (exact) mass is 507 g/mol. The Morgan fingerprint density at radius 1 is 1.17 bits per heavy atom. The van der Waals surface area contributed by atoms with E-state index in [1.54, 1.807) is 18.5 Å². The predicted octanol–water partition coefficient (Wildman–Crippen LogP) is 1.83. The van der Waals surface area contributed by atoms with Crippen LogP contribution in [0.1, 0.15) is 48.5 Å². The van der Waals surface area contributed by atoms with Crippen LogP contribution in [0.3, 0.4) is 0 Å². The van der Waals surface area contributed by atoms with Gasteiger partial charge in [-0.05, 0) is 47.6 Å². The van der Waals surface area contributed by atoms with Crippen molar-refractivity contribution < 1.29 is 23.7 Å². The SMILES string of the molecule is CC(=O)O[C@H]1[C@@H](OC(C)(C)C)[C@](n2ccc(-n3ccnn3)nc2=O)([SiH](C)C)O[C@@H]1COC(C)(C)C. The van der Waals surface area contributed by atoms with Crippen molar-refractivity contribution in [2.75, 3.05) is 6.61 Å². The molecule has 1 aliphatic rings. The molecule has 4 atom stereocenters. The molecule has 3 rings (SSSR count). The Hall–Kier alpha value is -2.41. The van der Waals surface area contributed by atoms with E-state index in [0.717, 1.165) is 0 Å². The highest BCUT2D eigenvalue weighted by Crippen LogP contribution is 2.42. The molecule has 35 heavy (non-hydrogen) atoms. The van der Waals surface area contributed by atoms with Gasteiger partial charge in [-0.15, -0.1) is 5.10 Å². The molecule has 12 heteroatoms. The molecular weight excluding hydrogens is 470 g/mol. The van der Waals surface area contributed by atoms with Crippen molar-refractivity contribution >= 4 is 14.8 Å². The van der Waals surface area contributed by atoms with E-state index in [4.69, 9.17) is 18.9 Å². The summed E-state index contributed by atoms with van der Waals surface area (Å²) in [7, 11) is -1.93. The van der Waals surface area contributed by atoms with Gasteiger partial charge in [0.2, 0.25) is 0 Å². The van der Waals surface area contributed by atoms with E-state index < -0.39 is 55.3 Å². The Morgan fingerprint density at radius 2 is 1.86 bits per heavy atom. The van der Waals surface area contributed by atoms with Crippen LogP contribution in [-0.4, -0.2) is 75.4 Å². The molecule has 0 bridgehead atoms. The van der Waals surface area contributed by atoms with Gasteiger partial charge in [0, 0.05) is 13.1 Å². The summed E-state index contributed by atoms with van der Waals surface area (Å²) in [4.78, 5) is 29.8. The first-order chi connectivity index (χ1) is 16.1. The van der Waals surface area contributed by atoms with Crippen LogP contribution in [-0.2, 0) is 29.1 Å². The van der Waals surface area contributed by atoms with Crippen LogP contribution in [0.25, 0.3) is 5.82 Å². The number of ether oxygens (including phenoxy) is 4. The quantitative estimate of drug-likeness (QED) is 0.408. The zero-order valence-corrected chi connectivity index (χ0v) is 23.2. The van der Waals surface area contributed by atoms with E-state index in [-0.39, 0.29) is 6.61 Å². The van der Waals surface area contributed by atoms with Crippen molar-refractivity contribution in [2.24, 2.45) is 0 Å². The highest BCUT2D eigenvalue weighted by atomic mass is 28.3. The van der Waals surface area contributed by atoms with Gasteiger partial charge in [0.15, 0.2) is 17.3 Å². The van der Waals surface area contributed by atoms with Crippen LogP contribution in [0.15, 0.2) is 29.5 Å². The van der Waals surface area contributed by atoms with Gasteiger partial charge in [-0.1, -0.05) is 18.3 Å². The maximum atomic E-state index is 13.4. The van der Waals surface area contributed by atoms with Crippen molar-refractivity contribution in [2.45, 2.75) is 96.4 Å². The van der Waals surface area contributed by atoms with Crippen molar-refractivity contribution in [1.82, 2.24) is 24.5 Å². The molecular formula is C23H37N5O6Si. The predicted molar refractivity (Wildman–Crippen MR) is 131 cm³/mol. The van der Waals surface area contributed by atoms with Crippen LogP contribution in [0, 0.1) is 0 Å². The van der Waals surface area contributed by atoms with Crippen molar-refractivity contribution in [3.8, 4) is 5.82 Å². The molecule has 1 aliphatic heterocycles. The molecule has 0 N–H and O–H groups in total. The van der Waals surface area contributed by atoms with Crippen LogP contribution in [0.5, 0.6) is 0 Å². The highest BCUT2D eigenvalue weighted by Gasteiger charge is 2.62. The fourth-order valence-electron chi connectivity index (χ4n) is 4.18. The number of aromatic nitrogens is 5. The van der Waals surface area contributed by atoms with Gasteiger partial charge in [-0.2, -0.15) is 4.98 Å². The molecule has 11 nitrogen and oxygen atoms in total. The molecule has 1 fully saturated rings. The average Bonchev–Trinajstić information content (AvgIpc) is 3.33. The summed E-state index contributed by atoms with van der Waals surface area (Å²) >= 11 is 0. The lowest BCUT2D eigenvalue weighted by Gasteiger charge is -2.41. The van der Waals surface area contributed by atoms with Gasteiger partial charge in [-0.3, -0.25) is 9.36 Å². The standard InChI is InChI=1S/C23H37N5O6Si/c1-15(29)32-18-16(14-31-21(2,3)4)33-23(35(8)9,19(18)34-22(5,6)7)27-12-10-17(25-20(27)30)28-13-11-24-26-28/h10-13,16,18-19,35H,14H2,1-9H3/t16-,18-,19-,23-/m1/s1. The van der Waals surface area contributed by atoms with Gasteiger partial charge in [0.25, 0.3) is 0 Å². The molecule has 0 spiro atoms. The molecule has 3 heterocycles. The van der Waals surface area contributed by atoms with Crippen molar-refractivity contribution in [1.29, 1.82) is 0 Å². The van der Waals surface area contributed by atoms with E-state index in [9.17, 15) is 9.59 Å². The fourth-order valence-corrected chi connectivity index (χ4v) is 6.30. The second-order valence-electron chi connectivity index (χ2n) is 11.0. The first-order valence-corrected chi connectivity index (χ1v) is 14.7. The maximum Gasteiger partial charge on any atom is 0.351 e. The summed E-state index contributed by atoms with van der Waals surface area (Å²) in [6, 6.07) is 1.67. The third-order valence-electron chi connectivity index (χ3n) is 5.53. The fraction of sp³-hybridized carbons (Fsp3) is 0.696. The second kappa shape index (κ2) is 9.92. The Labute approximate surface area is 207 Å². The Bertz CT molecular complexity index is 1080. The zero-order chi connectivity index (χ0) is 26.2. The van der Waals surface area contributed by atoms with Crippen LogP contribution in [0.4, 0.5) is 0 Å². The second-order valence-corrected chi connectivity index (χ2v) is 14.1. The summed E-state index contributed by atoms with van der Waals surface area (Å²) in [5.41, 5.74) is -1.58. The molecule has 0 aliphatic carbocycles.